The number of nitrogens with one attached hydrogen (secondary N) is 2. The van der Waals surface area contributed by atoms with Gasteiger partial charge in [-0.2, -0.15) is 0 Å². The van der Waals surface area contributed by atoms with Crippen molar-refractivity contribution in [1.82, 2.24) is 10.6 Å². The zero-order valence-electron chi connectivity index (χ0n) is 24.6. The summed E-state index contributed by atoms with van der Waals surface area (Å²) in [6, 6.07) is 28.4. The Kier molecular flexibility index (Phi) is 12.5. The molecular weight excluding hydrogens is 540 g/mol. The fourth-order valence-corrected chi connectivity index (χ4v) is 5.40. The van der Waals surface area contributed by atoms with Crippen LogP contribution in [0.4, 0.5) is 0 Å². The normalized spacial score (nSPS) is 20.4. The molecule has 0 aromatic heterocycles. The topological polar surface area (TPSA) is 105 Å². The molecule has 0 unspecified atom stereocenters. The van der Waals surface area contributed by atoms with E-state index in [1.54, 1.807) is 0 Å². The van der Waals surface area contributed by atoms with Gasteiger partial charge in [0.05, 0.1) is 30.5 Å². The zero-order valence-corrected chi connectivity index (χ0v) is 24.6. The number of esters is 1. The van der Waals surface area contributed by atoms with E-state index in [2.05, 4.69) is 10.6 Å². The largest absolute Gasteiger partial charge is 0.463 e. The van der Waals surface area contributed by atoms with Crippen molar-refractivity contribution in [2.24, 2.45) is 11.8 Å². The molecule has 7 nitrogen and oxygen atoms in total. The molecule has 3 aromatic rings. The van der Waals surface area contributed by atoms with E-state index in [9.17, 15) is 19.5 Å². The summed E-state index contributed by atoms with van der Waals surface area (Å²) in [4.78, 5) is 39.9. The van der Waals surface area contributed by atoms with E-state index in [4.69, 9.17) is 4.74 Å². The number of hydrogen-bond donors (Lipinski definition) is 3. The van der Waals surface area contributed by atoms with Crippen LogP contribution >= 0.6 is 0 Å². The van der Waals surface area contributed by atoms with Gasteiger partial charge in [0.25, 0.3) is 0 Å². The van der Waals surface area contributed by atoms with Gasteiger partial charge in [0.2, 0.25) is 11.8 Å². The van der Waals surface area contributed by atoms with Crippen molar-refractivity contribution in [3.63, 3.8) is 0 Å². The van der Waals surface area contributed by atoms with E-state index in [0.717, 1.165) is 16.7 Å². The highest BCUT2D eigenvalue weighted by molar-refractivity contribution is 5.86. The molecule has 0 saturated heterocycles. The average molecular weight is 583 g/mol. The van der Waals surface area contributed by atoms with Crippen LogP contribution in [0.15, 0.2) is 103 Å². The molecule has 0 radical (unpaired) electrons. The molecule has 2 amide bonds. The van der Waals surface area contributed by atoms with Gasteiger partial charge in [0.15, 0.2) is 0 Å². The Morgan fingerprint density at radius 1 is 0.837 bits per heavy atom. The lowest BCUT2D eigenvalue weighted by atomic mass is 9.94. The molecular formula is C36H42N2O5. The first kappa shape index (κ1) is 31.7. The Morgan fingerprint density at radius 2 is 1.44 bits per heavy atom. The Labute approximate surface area is 254 Å². The van der Waals surface area contributed by atoms with Gasteiger partial charge in [-0.1, -0.05) is 103 Å². The van der Waals surface area contributed by atoms with E-state index < -0.39 is 18.0 Å². The Balaban J connectivity index is 1.47. The number of amides is 2. The molecule has 1 aliphatic heterocycles. The van der Waals surface area contributed by atoms with Gasteiger partial charge in [0.1, 0.15) is 6.61 Å². The maximum atomic E-state index is 13.6. The molecule has 0 fully saturated rings. The second-order valence-corrected chi connectivity index (χ2v) is 11.2. The zero-order chi connectivity index (χ0) is 30.3. The van der Waals surface area contributed by atoms with Crippen LogP contribution in [0.3, 0.4) is 0 Å². The summed E-state index contributed by atoms with van der Waals surface area (Å²) in [6.45, 7) is -0.160. The number of benzene rings is 3. The quantitative estimate of drug-likeness (QED) is 0.240. The second-order valence-electron chi connectivity index (χ2n) is 11.2. The number of ether oxygens (including phenoxy) is 1. The van der Waals surface area contributed by atoms with Crippen molar-refractivity contribution < 1.29 is 24.2 Å². The number of cyclic esters (lactones) is 1. The van der Waals surface area contributed by atoms with Crippen LogP contribution in [0, 0.1) is 11.8 Å². The maximum absolute atomic E-state index is 13.6. The van der Waals surface area contributed by atoms with Crippen molar-refractivity contribution >= 4 is 17.8 Å². The molecule has 0 bridgehead atoms. The summed E-state index contributed by atoms with van der Waals surface area (Å²) in [5.74, 6) is -1.74. The number of aliphatic hydroxyl groups is 1. The molecule has 0 spiro atoms. The fourth-order valence-electron chi connectivity index (χ4n) is 5.40. The van der Waals surface area contributed by atoms with Gasteiger partial charge in [-0.3, -0.25) is 14.4 Å². The van der Waals surface area contributed by atoms with Crippen LogP contribution in [0.25, 0.3) is 0 Å². The molecule has 1 heterocycles. The first-order valence-corrected chi connectivity index (χ1v) is 15.1. The number of carbonyl (C=O) groups is 3. The van der Waals surface area contributed by atoms with E-state index in [-0.39, 0.29) is 43.3 Å². The minimum absolute atomic E-state index is 0.0179. The highest BCUT2D eigenvalue weighted by Gasteiger charge is 2.27. The van der Waals surface area contributed by atoms with E-state index >= 15 is 0 Å². The maximum Gasteiger partial charge on any atom is 0.309 e. The number of aliphatic hydroxyl groups excluding tert-OH is 1. The smallest absolute Gasteiger partial charge is 0.309 e. The third kappa shape index (κ3) is 10.8. The van der Waals surface area contributed by atoms with E-state index in [0.29, 0.717) is 38.5 Å². The highest BCUT2D eigenvalue weighted by atomic mass is 16.5. The van der Waals surface area contributed by atoms with E-state index in [1.165, 1.54) is 0 Å². The summed E-state index contributed by atoms with van der Waals surface area (Å²) >= 11 is 0. The molecule has 43 heavy (non-hydrogen) atoms. The predicted octanol–water partition coefficient (Wildman–Crippen LogP) is 4.58. The van der Waals surface area contributed by atoms with Gasteiger partial charge in [0, 0.05) is 6.42 Å². The molecule has 0 aliphatic carbocycles. The molecule has 7 heteroatoms. The van der Waals surface area contributed by atoms with Gasteiger partial charge < -0.3 is 20.5 Å². The lowest BCUT2D eigenvalue weighted by molar-refractivity contribution is -0.150. The number of hydrogen-bond acceptors (Lipinski definition) is 5. The minimum Gasteiger partial charge on any atom is -0.463 e. The third-order valence-corrected chi connectivity index (χ3v) is 7.74. The van der Waals surface area contributed by atoms with Crippen LogP contribution in [0.5, 0.6) is 0 Å². The SMILES string of the molecule is O=C(C[C@H]1CC=CCC[C@H](Cc2ccccc2)C(=O)OC[C@H](Cc2ccccc2)NC1=O)N[C@@H](CO)Cc1ccccc1. The summed E-state index contributed by atoms with van der Waals surface area (Å²) in [6.07, 6.45) is 7.13. The average Bonchev–Trinajstić information content (AvgIpc) is 3.03. The van der Waals surface area contributed by atoms with Crippen molar-refractivity contribution in [3.05, 3.63) is 120 Å². The summed E-state index contributed by atoms with van der Waals surface area (Å²) in [5, 5.41) is 15.9. The van der Waals surface area contributed by atoms with Crippen molar-refractivity contribution in [3.8, 4) is 0 Å². The summed E-state index contributed by atoms with van der Waals surface area (Å²) in [5.41, 5.74) is 3.09. The third-order valence-electron chi connectivity index (χ3n) is 7.74. The highest BCUT2D eigenvalue weighted by Crippen LogP contribution is 2.19. The van der Waals surface area contributed by atoms with Crippen LogP contribution in [0.2, 0.25) is 0 Å². The number of rotatable bonds is 10. The van der Waals surface area contributed by atoms with Crippen LogP contribution in [0.1, 0.15) is 42.4 Å². The number of allylic oxidation sites excluding steroid dienone is 2. The fraction of sp³-hybridized carbons (Fsp3) is 0.361. The molecule has 3 aromatic carbocycles. The molecule has 1 aliphatic rings. The van der Waals surface area contributed by atoms with Crippen LogP contribution in [-0.2, 0) is 38.4 Å². The van der Waals surface area contributed by atoms with Gasteiger partial charge in [-0.05, 0) is 55.2 Å². The Bertz CT molecular complexity index is 1310. The first-order chi connectivity index (χ1) is 21.0. The molecule has 0 saturated carbocycles. The second kappa shape index (κ2) is 17.0. The molecule has 226 valence electrons. The number of carbonyl (C=O) groups excluding carboxylic acids is 3. The Morgan fingerprint density at radius 3 is 2.07 bits per heavy atom. The molecule has 4 rings (SSSR count). The molecule has 3 N–H and O–H groups in total. The lowest BCUT2D eigenvalue weighted by Gasteiger charge is -2.24. The predicted molar refractivity (Wildman–Crippen MR) is 167 cm³/mol. The molecule has 4 atom stereocenters. The Hall–Kier alpha value is -4.23. The summed E-state index contributed by atoms with van der Waals surface area (Å²) in [7, 11) is 0. The van der Waals surface area contributed by atoms with Crippen LogP contribution < -0.4 is 10.6 Å². The monoisotopic (exact) mass is 582 g/mol. The standard InChI is InChI=1S/C36H42N2O5/c39-25-32(22-28-15-7-2-8-16-28)37-34(40)24-30-19-11-4-12-20-31(21-27-13-5-1-6-14-27)36(42)43-26-33(38-35(30)41)23-29-17-9-3-10-18-29/h1-11,13-18,30-33,39H,12,19-26H2,(H,37,40)(H,38,41)/t30-,31-,32-,33+/m1/s1. The van der Waals surface area contributed by atoms with Crippen LogP contribution in [-0.4, -0.2) is 48.2 Å². The van der Waals surface area contributed by atoms with Gasteiger partial charge >= 0.3 is 5.97 Å². The summed E-state index contributed by atoms with van der Waals surface area (Å²) < 4.78 is 5.83. The first-order valence-electron chi connectivity index (χ1n) is 15.1. The lowest BCUT2D eigenvalue weighted by Crippen LogP contribution is -2.45. The van der Waals surface area contributed by atoms with E-state index in [1.807, 2.05) is 103 Å². The van der Waals surface area contributed by atoms with Gasteiger partial charge in [-0.15, -0.1) is 0 Å². The van der Waals surface area contributed by atoms with Crippen molar-refractivity contribution in [2.45, 2.75) is 57.0 Å². The minimum atomic E-state index is -0.609. The van der Waals surface area contributed by atoms with Crippen molar-refractivity contribution in [2.75, 3.05) is 13.2 Å². The van der Waals surface area contributed by atoms with Gasteiger partial charge in [-0.25, -0.2) is 0 Å². The van der Waals surface area contributed by atoms with Crippen molar-refractivity contribution in [1.29, 1.82) is 0 Å².